The van der Waals surface area contributed by atoms with E-state index in [1.807, 2.05) is 45.0 Å². The van der Waals surface area contributed by atoms with E-state index in [0.717, 1.165) is 29.1 Å². The molecule has 2 aromatic rings. The summed E-state index contributed by atoms with van der Waals surface area (Å²) in [6.45, 7) is 6.47. The normalized spacial score (nSPS) is 19.7. The molecule has 0 saturated heterocycles. The number of aromatic amines is 1. The predicted molar refractivity (Wildman–Crippen MR) is 89.9 cm³/mol. The van der Waals surface area contributed by atoms with E-state index in [1.165, 1.54) is 0 Å². The van der Waals surface area contributed by atoms with Crippen LogP contribution in [0.1, 0.15) is 36.0 Å². The molecule has 0 fully saturated rings. The molecule has 0 radical (unpaired) electrons. The first-order valence-electron chi connectivity index (χ1n) is 8.05. The van der Waals surface area contributed by atoms with Crippen LogP contribution in [0.25, 0.3) is 0 Å². The smallest absolute Gasteiger partial charge is 0.357 e. The number of esters is 1. The highest BCUT2D eigenvalue weighted by Gasteiger charge is 2.51. The van der Waals surface area contributed by atoms with E-state index >= 15 is 0 Å². The number of aromatic nitrogens is 2. The van der Waals surface area contributed by atoms with Crippen molar-refractivity contribution in [3.05, 3.63) is 53.1 Å². The lowest BCUT2D eigenvalue weighted by Crippen LogP contribution is -2.43. The van der Waals surface area contributed by atoms with Crippen molar-refractivity contribution >= 4 is 11.7 Å². The number of hydrogen-bond donors (Lipinski definition) is 1. The first-order valence-corrected chi connectivity index (χ1v) is 8.05. The molecule has 6 heteroatoms. The summed E-state index contributed by atoms with van der Waals surface area (Å²) in [6.07, 6.45) is 2.46. The second-order valence-corrected chi connectivity index (χ2v) is 5.96. The summed E-state index contributed by atoms with van der Waals surface area (Å²) in [5, 5.41) is 4.03. The van der Waals surface area contributed by atoms with Gasteiger partial charge in [0.05, 0.1) is 12.3 Å². The third-order valence-corrected chi connectivity index (χ3v) is 4.18. The SMILES string of the molecule is CCCOC(=O)C1=NOCC1(c1ccccn1)c1cc(C)[nH]c1C. The molecular formula is C18H21N3O3. The summed E-state index contributed by atoms with van der Waals surface area (Å²) in [6, 6.07) is 7.64. The molecule has 2 aromatic heterocycles. The number of rotatable bonds is 5. The minimum absolute atomic E-state index is 0.221. The van der Waals surface area contributed by atoms with Crippen molar-refractivity contribution < 1.29 is 14.4 Å². The van der Waals surface area contributed by atoms with Crippen LogP contribution in [0.2, 0.25) is 0 Å². The van der Waals surface area contributed by atoms with Gasteiger partial charge in [-0.15, -0.1) is 0 Å². The van der Waals surface area contributed by atoms with E-state index in [9.17, 15) is 4.79 Å². The van der Waals surface area contributed by atoms with Crippen molar-refractivity contribution in [2.24, 2.45) is 5.16 Å². The summed E-state index contributed by atoms with van der Waals surface area (Å²) in [5.74, 6) is -0.460. The third-order valence-electron chi connectivity index (χ3n) is 4.18. The zero-order chi connectivity index (χ0) is 17.2. The molecule has 1 N–H and O–H groups in total. The molecule has 1 aliphatic heterocycles. The minimum Gasteiger partial charge on any atom is -0.461 e. The van der Waals surface area contributed by atoms with Crippen LogP contribution in [0, 0.1) is 13.8 Å². The molecule has 126 valence electrons. The maximum Gasteiger partial charge on any atom is 0.357 e. The van der Waals surface area contributed by atoms with Crippen LogP contribution in [0.15, 0.2) is 35.6 Å². The van der Waals surface area contributed by atoms with Crippen LogP contribution in [-0.4, -0.2) is 34.9 Å². The Morgan fingerprint density at radius 3 is 2.88 bits per heavy atom. The third kappa shape index (κ3) is 2.58. The van der Waals surface area contributed by atoms with Crippen LogP contribution in [-0.2, 0) is 19.8 Å². The standard InChI is InChI=1S/C18H21N3O3/c1-4-9-23-17(22)16-18(11-24-21-16,15-7-5-6-8-19-15)14-10-12(2)20-13(14)3/h5-8,10,20H,4,9,11H2,1-3H3. The largest absolute Gasteiger partial charge is 0.461 e. The zero-order valence-corrected chi connectivity index (χ0v) is 14.1. The van der Waals surface area contributed by atoms with Crippen LogP contribution < -0.4 is 0 Å². The lowest BCUT2D eigenvalue weighted by atomic mass is 9.74. The first-order chi connectivity index (χ1) is 11.6. The molecule has 0 bridgehead atoms. The van der Waals surface area contributed by atoms with Gasteiger partial charge in [0.2, 0.25) is 0 Å². The fraction of sp³-hybridized carbons (Fsp3) is 0.389. The Kier molecular flexibility index (Phi) is 4.38. The van der Waals surface area contributed by atoms with Crippen molar-refractivity contribution in [1.82, 2.24) is 9.97 Å². The van der Waals surface area contributed by atoms with Gasteiger partial charge in [0.15, 0.2) is 5.71 Å². The van der Waals surface area contributed by atoms with Gasteiger partial charge < -0.3 is 14.6 Å². The van der Waals surface area contributed by atoms with Gasteiger partial charge in [-0.3, -0.25) is 4.98 Å². The van der Waals surface area contributed by atoms with Crippen molar-refractivity contribution in [2.75, 3.05) is 13.2 Å². The number of pyridine rings is 1. The Morgan fingerprint density at radius 1 is 1.42 bits per heavy atom. The summed E-state index contributed by atoms with van der Waals surface area (Å²) in [5.41, 5.74) is 3.00. The highest BCUT2D eigenvalue weighted by atomic mass is 16.6. The number of nitrogens with zero attached hydrogens (tertiary/aromatic N) is 2. The highest BCUT2D eigenvalue weighted by molar-refractivity contribution is 6.41. The van der Waals surface area contributed by atoms with Crippen LogP contribution in [0.3, 0.4) is 0 Å². The first kappa shape index (κ1) is 16.2. The van der Waals surface area contributed by atoms with E-state index < -0.39 is 11.4 Å². The molecule has 3 heterocycles. The second-order valence-electron chi connectivity index (χ2n) is 5.96. The highest BCUT2D eigenvalue weighted by Crippen LogP contribution is 2.39. The lowest BCUT2D eigenvalue weighted by molar-refractivity contribution is -0.135. The van der Waals surface area contributed by atoms with E-state index in [4.69, 9.17) is 9.57 Å². The van der Waals surface area contributed by atoms with Gasteiger partial charge in [-0.05, 0) is 44.0 Å². The molecule has 3 rings (SSSR count). The predicted octanol–water partition coefficient (Wildman–Crippen LogP) is 2.65. The van der Waals surface area contributed by atoms with Crippen molar-refractivity contribution in [2.45, 2.75) is 32.6 Å². The Balaban J connectivity index is 2.15. The molecule has 0 spiro atoms. The fourth-order valence-electron chi connectivity index (χ4n) is 3.14. The number of carbonyl (C=O) groups is 1. The molecule has 0 amide bonds. The molecule has 0 aromatic carbocycles. The van der Waals surface area contributed by atoms with Gasteiger partial charge >= 0.3 is 5.97 Å². The van der Waals surface area contributed by atoms with Crippen LogP contribution in [0.5, 0.6) is 0 Å². The maximum absolute atomic E-state index is 12.6. The van der Waals surface area contributed by atoms with Crippen molar-refractivity contribution in [3.63, 3.8) is 0 Å². The van der Waals surface area contributed by atoms with Gasteiger partial charge in [0.1, 0.15) is 12.0 Å². The fourth-order valence-corrected chi connectivity index (χ4v) is 3.14. The summed E-state index contributed by atoms with van der Waals surface area (Å²) >= 11 is 0. The minimum atomic E-state index is -0.860. The Bertz CT molecular complexity index is 767. The average molecular weight is 327 g/mol. The van der Waals surface area contributed by atoms with Gasteiger partial charge in [-0.25, -0.2) is 4.79 Å². The number of nitrogens with one attached hydrogen (secondary N) is 1. The molecule has 6 nitrogen and oxygen atoms in total. The molecule has 1 aliphatic rings. The van der Waals surface area contributed by atoms with Gasteiger partial charge in [0.25, 0.3) is 0 Å². The molecule has 0 saturated carbocycles. The number of ether oxygens (including phenoxy) is 1. The quantitative estimate of drug-likeness (QED) is 0.857. The summed E-state index contributed by atoms with van der Waals surface area (Å²) in [4.78, 5) is 25.8. The van der Waals surface area contributed by atoms with Gasteiger partial charge in [0, 0.05) is 17.6 Å². The van der Waals surface area contributed by atoms with E-state index in [-0.39, 0.29) is 12.3 Å². The average Bonchev–Trinajstić information content (AvgIpc) is 3.17. The van der Waals surface area contributed by atoms with E-state index in [2.05, 4.69) is 15.1 Å². The monoisotopic (exact) mass is 327 g/mol. The summed E-state index contributed by atoms with van der Waals surface area (Å²) in [7, 11) is 0. The Hall–Kier alpha value is -2.63. The molecule has 0 aliphatic carbocycles. The Morgan fingerprint density at radius 2 is 2.25 bits per heavy atom. The van der Waals surface area contributed by atoms with E-state index in [0.29, 0.717) is 6.61 Å². The Labute approximate surface area is 140 Å². The number of oxime groups is 1. The zero-order valence-electron chi connectivity index (χ0n) is 14.1. The topological polar surface area (TPSA) is 76.6 Å². The number of hydrogen-bond acceptors (Lipinski definition) is 5. The summed E-state index contributed by atoms with van der Waals surface area (Å²) < 4.78 is 5.33. The van der Waals surface area contributed by atoms with E-state index in [1.54, 1.807) is 6.20 Å². The molecule has 24 heavy (non-hydrogen) atoms. The number of aryl methyl sites for hydroxylation is 2. The number of carbonyl (C=O) groups excluding carboxylic acids is 1. The van der Waals surface area contributed by atoms with Crippen LogP contribution in [0.4, 0.5) is 0 Å². The van der Waals surface area contributed by atoms with Gasteiger partial charge in [-0.1, -0.05) is 18.1 Å². The van der Waals surface area contributed by atoms with Crippen molar-refractivity contribution in [1.29, 1.82) is 0 Å². The maximum atomic E-state index is 12.6. The molecule has 1 atom stereocenters. The van der Waals surface area contributed by atoms with Crippen LogP contribution >= 0.6 is 0 Å². The second kappa shape index (κ2) is 6.47. The molecule has 1 unspecified atom stereocenters. The lowest BCUT2D eigenvalue weighted by Gasteiger charge is -2.27. The van der Waals surface area contributed by atoms with Crippen molar-refractivity contribution in [3.8, 4) is 0 Å². The molecular weight excluding hydrogens is 306 g/mol. The van der Waals surface area contributed by atoms with Gasteiger partial charge in [-0.2, -0.15) is 0 Å². The number of H-pyrrole nitrogens is 1.